The van der Waals surface area contributed by atoms with Gasteiger partial charge in [0.15, 0.2) is 0 Å². The Morgan fingerprint density at radius 2 is 1.84 bits per heavy atom. The van der Waals surface area contributed by atoms with Gasteiger partial charge in [-0.15, -0.1) is 0 Å². The number of anilines is 1. The highest BCUT2D eigenvalue weighted by Gasteiger charge is 2.11. The van der Waals surface area contributed by atoms with Gasteiger partial charge in [0.2, 0.25) is 0 Å². The van der Waals surface area contributed by atoms with Gasteiger partial charge < -0.3 is 15.2 Å². The Hall–Kier alpha value is -1.71. The molecule has 0 aliphatic carbocycles. The number of benzene rings is 2. The van der Waals surface area contributed by atoms with Gasteiger partial charge in [-0.05, 0) is 29.8 Å². The topological polar surface area (TPSA) is 41.5 Å². The van der Waals surface area contributed by atoms with Crippen LogP contribution >= 0.6 is 11.6 Å². The summed E-state index contributed by atoms with van der Waals surface area (Å²) in [7, 11) is 1.63. The molecule has 2 aromatic rings. The molecule has 4 heteroatoms. The average Bonchev–Trinajstić information content (AvgIpc) is 2.47. The van der Waals surface area contributed by atoms with E-state index in [1.807, 2.05) is 48.5 Å². The Kier molecular flexibility index (Phi) is 4.66. The molecular formula is C15H16ClNO2. The van der Waals surface area contributed by atoms with Gasteiger partial charge in [-0.25, -0.2) is 0 Å². The van der Waals surface area contributed by atoms with Crippen molar-refractivity contribution in [1.82, 2.24) is 0 Å². The Labute approximate surface area is 117 Å². The van der Waals surface area contributed by atoms with Crippen LogP contribution < -0.4 is 10.1 Å². The molecule has 0 aliphatic rings. The highest BCUT2D eigenvalue weighted by molar-refractivity contribution is 6.33. The van der Waals surface area contributed by atoms with E-state index in [1.54, 1.807) is 7.11 Å². The summed E-state index contributed by atoms with van der Waals surface area (Å²) in [5.74, 6) is 0.790. The van der Waals surface area contributed by atoms with Crippen molar-refractivity contribution in [2.75, 3.05) is 19.0 Å². The molecule has 0 bridgehead atoms. The van der Waals surface area contributed by atoms with Gasteiger partial charge in [-0.1, -0.05) is 35.9 Å². The van der Waals surface area contributed by atoms with E-state index < -0.39 is 0 Å². The van der Waals surface area contributed by atoms with Crippen molar-refractivity contribution < 1.29 is 9.84 Å². The third kappa shape index (κ3) is 3.40. The minimum absolute atomic E-state index is 0.0163. The molecule has 19 heavy (non-hydrogen) atoms. The lowest BCUT2D eigenvalue weighted by Gasteiger charge is -2.19. The minimum atomic E-state index is -0.203. The lowest BCUT2D eigenvalue weighted by Crippen LogP contribution is -2.15. The molecule has 1 unspecified atom stereocenters. The van der Waals surface area contributed by atoms with E-state index in [2.05, 4.69) is 5.32 Å². The molecule has 0 spiro atoms. The van der Waals surface area contributed by atoms with E-state index in [0.29, 0.717) is 5.02 Å². The summed E-state index contributed by atoms with van der Waals surface area (Å²) in [4.78, 5) is 0. The van der Waals surface area contributed by atoms with Gasteiger partial charge in [0.25, 0.3) is 0 Å². The van der Waals surface area contributed by atoms with Crippen LogP contribution in [0.15, 0.2) is 48.5 Å². The average molecular weight is 278 g/mol. The molecule has 2 rings (SSSR count). The lowest BCUT2D eigenvalue weighted by molar-refractivity contribution is 0.276. The number of methoxy groups -OCH3 is 1. The Morgan fingerprint density at radius 1 is 1.16 bits per heavy atom. The van der Waals surface area contributed by atoms with Crippen molar-refractivity contribution in [3.05, 3.63) is 59.1 Å². The van der Waals surface area contributed by atoms with Crippen LogP contribution in [-0.2, 0) is 0 Å². The number of para-hydroxylation sites is 1. The maximum Gasteiger partial charge on any atom is 0.118 e. The second kappa shape index (κ2) is 6.45. The molecule has 0 radical (unpaired) electrons. The fourth-order valence-corrected chi connectivity index (χ4v) is 2.03. The fraction of sp³-hybridized carbons (Fsp3) is 0.200. The van der Waals surface area contributed by atoms with E-state index in [4.69, 9.17) is 16.3 Å². The molecule has 2 N–H and O–H groups in total. The molecule has 1 atom stereocenters. The first-order valence-electron chi connectivity index (χ1n) is 6.00. The van der Waals surface area contributed by atoms with Crippen LogP contribution in [0.25, 0.3) is 0 Å². The summed E-state index contributed by atoms with van der Waals surface area (Å²) in [5, 5.41) is 13.4. The molecule has 0 heterocycles. The maximum atomic E-state index is 9.52. The van der Waals surface area contributed by atoms with Crippen LogP contribution in [0, 0.1) is 0 Å². The van der Waals surface area contributed by atoms with Crippen molar-refractivity contribution >= 4 is 17.3 Å². The molecule has 2 aromatic carbocycles. The molecule has 3 nitrogen and oxygen atoms in total. The highest BCUT2D eigenvalue weighted by Crippen LogP contribution is 2.26. The number of rotatable bonds is 5. The van der Waals surface area contributed by atoms with Crippen LogP contribution in [0.5, 0.6) is 5.75 Å². The number of aliphatic hydroxyl groups excluding tert-OH is 1. The van der Waals surface area contributed by atoms with Crippen LogP contribution in [-0.4, -0.2) is 18.8 Å². The van der Waals surface area contributed by atoms with Crippen molar-refractivity contribution in [2.45, 2.75) is 6.04 Å². The van der Waals surface area contributed by atoms with E-state index in [1.165, 1.54) is 0 Å². The summed E-state index contributed by atoms with van der Waals surface area (Å²) in [6.07, 6.45) is 0. The molecular weight excluding hydrogens is 262 g/mol. The third-order valence-corrected chi connectivity index (χ3v) is 3.23. The molecule has 0 saturated heterocycles. The zero-order valence-corrected chi connectivity index (χ0v) is 11.4. The van der Waals surface area contributed by atoms with Crippen LogP contribution in [0.2, 0.25) is 5.02 Å². The van der Waals surface area contributed by atoms with Crippen LogP contribution in [0.3, 0.4) is 0 Å². The number of halogens is 1. The van der Waals surface area contributed by atoms with E-state index in [0.717, 1.165) is 17.0 Å². The molecule has 0 aromatic heterocycles. The van der Waals surface area contributed by atoms with Gasteiger partial charge in [-0.3, -0.25) is 0 Å². The monoisotopic (exact) mass is 277 g/mol. The summed E-state index contributed by atoms with van der Waals surface area (Å²) in [6.45, 7) is -0.0163. The first-order chi connectivity index (χ1) is 9.24. The van der Waals surface area contributed by atoms with Gasteiger partial charge >= 0.3 is 0 Å². The first-order valence-corrected chi connectivity index (χ1v) is 6.38. The number of hydrogen-bond donors (Lipinski definition) is 2. The summed E-state index contributed by atoms with van der Waals surface area (Å²) >= 11 is 6.10. The lowest BCUT2D eigenvalue weighted by atomic mass is 10.1. The highest BCUT2D eigenvalue weighted by atomic mass is 35.5. The number of hydrogen-bond acceptors (Lipinski definition) is 3. The molecule has 0 amide bonds. The third-order valence-electron chi connectivity index (χ3n) is 2.90. The normalized spacial score (nSPS) is 11.9. The van der Waals surface area contributed by atoms with Gasteiger partial charge in [0.1, 0.15) is 5.75 Å². The predicted octanol–water partition coefficient (Wildman–Crippen LogP) is 3.49. The number of nitrogens with one attached hydrogen (secondary N) is 1. The second-order valence-corrected chi connectivity index (χ2v) is 4.54. The quantitative estimate of drug-likeness (QED) is 0.879. The standard InChI is InChI=1S/C15H16ClNO2/c1-19-12-8-6-11(7-9-12)15(10-18)17-14-5-3-2-4-13(14)16/h2-9,15,17-18H,10H2,1H3. The molecule has 0 saturated carbocycles. The van der Waals surface area contributed by atoms with Crippen molar-refractivity contribution in [3.8, 4) is 5.75 Å². The largest absolute Gasteiger partial charge is 0.497 e. The number of ether oxygens (including phenoxy) is 1. The zero-order valence-electron chi connectivity index (χ0n) is 10.6. The van der Waals surface area contributed by atoms with Crippen molar-refractivity contribution in [3.63, 3.8) is 0 Å². The van der Waals surface area contributed by atoms with Gasteiger partial charge in [0, 0.05) is 0 Å². The summed E-state index contributed by atoms with van der Waals surface area (Å²) in [6, 6.07) is 14.8. The Morgan fingerprint density at radius 3 is 2.42 bits per heavy atom. The van der Waals surface area contributed by atoms with Crippen LogP contribution in [0.1, 0.15) is 11.6 Å². The SMILES string of the molecule is COc1ccc(C(CO)Nc2ccccc2Cl)cc1. The summed E-state index contributed by atoms with van der Waals surface area (Å²) in [5.41, 5.74) is 1.78. The maximum absolute atomic E-state index is 9.52. The minimum Gasteiger partial charge on any atom is -0.497 e. The fourth-order valence-electron chi connectivity index (χ4n) is 1.84. The second-order valence-electron chi connectivity index (χ2n) is 4.13. The predicted molar refractivity (Wildman–Crippen MR) is 77.9 cm³/mol. The molecule has 100 valence electrons. The molecule has 0 aliphatic heterocycles. The summed E-state index contributed by atoms with van der Waals surface area (Å²) < 4.78 is 5.12. The molecule has 0 fully saturated rings. The number of aliphatic hydroxyl groups is 1. The van der Waals surface area contributed by atoms with Crippen molar-refractivity contribution in [1.29, 1.82) is 0 Å². The van der Waals surface area contributed by atoms with Gasteiger partial charge in [-0.2, -0.15) is 0 Å². The Bertz CT molecular complexity index is 528. The van der Waals surface area contributed by atoms with E-state index >= 15 is 0 Å². The zero-order chi connectivity index (χ0) is 13.7. The van der Waals surface area contributed by atoms with E-state index in [-0.39, 0.29) is 12.6 Å². The van der Waals surface area contributed by atoms with Crippen LogP contribution in [0.4, 0.5) is 5.69 Å². The smallest absolute Gasteiger partial charge is 0.118 e. The van der Waals surface area contributed by atoms with Crippen molar-refractivity contribution in [2.24, 2.45) is 0 Å². The first kappa shape index (κ1) is 13.7. The van der Waals surface area contributed by atoms with Gasteiger partial charge in [0.05, 0.1) is 30.5 Å². The van der Waals surface area contributed by atoms with E-state index in [9.17, 15) is 5.11 Å². The Balaban J connectivity index is 2.17.